The van der Waals surface area contributed by atoms with Crippen LogP contribution in [-0.2, 0) is 13.6 Å². The standard InChI is InChI=1S/C33H36N8O2/c1-18-4-9-23(15-35-18)36-28-11-8-20-13-26(40(31(20)38-28)16-19-5-6-19)32-37-24-12-22(14-27(43-3)30(24)39(32)2)33(42)41-17-21-7-10-25(41)29(21)34/h4,8-9,11-15,19,21,25,29H,5-7,10,16-17,34H2,1-3H3,(H,36,38)/t21-,25-,29-/m1/s1. The second-order valence-corrected chi connectivity index (χ2v) is 12.5. The Bertz CT molecular complexity index is 1890. The Morgan fingerprint density at radius 2 is 1.95 bits per heavy atom. The minimum atomic E-state index is 0.00547. The lowest BCUT2D eigenvalue weighted by Crippen LogP contribution is -2.41. The Balaban J connectivity index is 1.20. The maximum atomic E-state index is 13.7. The topological polar surface area (TPSA) is 116 Å². The number of piperidine rings is 1. The number of hydrogen-bond acceptors (Lipinski definition) is 7. The molecule has 4 aromatic heterocycles. The number of aryl methyl sites for hydroxylation is 2. The summed E-state index contributed by atoms with van der Waals surface area (Å²) in [6.07, 6.45) is 6.34. The van der Waals surface area contributed by atoms with Gasteiger partial charge in [-0.3, -0.25) is 9.78 Å². The van der Waals surface area contributed by atoms with E-state index >= 15 is 0 Å². The van der Waals surface area contributed by atoms with Crippen molar-refractivity contribution >= 4 is 39.5 Å². The van der Waals surface area contributed by atoms with Gasteiger partial charge in [0, 0.05) is 48.9 Å². The average molecular weight is 577 g/mol. The van der Waals surface area contributed by atoms with Gasteiger partial charge in [-0.15, -0.1) is 0 Å². The van der Waals surface area contributed by atoms with Gasteiger partial charge in [0.1, 0.15) is 22.7 Å². The molecule has 5 aromatic rings. The molecule has 0 spiro atoms. The summed E-state index contributed by atoms with van der Waals surface area (Å²) < 4.78 is 10.2. The second kappa shape index (κ2) is 9.80. The van der Waals surface area contributed by atoms with Gasteiger partial charge in [-0.1, -0.05) is 0 Å². The van der Waals surface area contributed by atoms with Gasteiger partial charge in [0.25, 0.3) is 5.91 Å². The summed E-state index contributed by atoms with van der Waals surface area (Å²) in [5.74, 6) is 3.25. The highest BCUT2D eigenvalue weighted by Crippen LogP contribution is 2.40. The fourth-order valence-electron chi connectivity index (χ4n) is 7.08. The van der Waals surface area contributed by atoms with E-state index in [1.165, 1.54) is 12.8 Å². The molecule has 5 heterocycles. The minimum Gasteiger partial charge on any atom is -0.494 e. The lowest BCUT2D eigenvalue weighted by Gasteiger charge is -2.27. The number of imidazole rings is 1. The maximum Gasteiger partial charge on any atom is 0.254 e. The fraction of sp³-hybridized carbons (Fsp3) is 0.394. The van der Waals surface area contributed by atoms with E-state index in [-0.39, 0.29) is 18.0 Å². The average Bonchev–Trinajstić information content (AvgIpc) is 3.42. The summed E-state index contributed by atoms with van der Waals surface area (Å²) in [5, 5.41) is 4.46. The number of nitrogens with one attached hydrogen (secondary N) is 1. The summed E-state index contributed by atoms with van der Waals surface area (Å²) in [6, 6.07) is 14.2. The molecule has 3 N–H and O–H groups in total. The first kappa shape index (κ1) is 26.2. The molecule has 3 fully saturated rings. The number of ether oxygens (including phenoxy) is 1. The third-order valence-corrected chi connectivity index (χ3v) is 9.61. The molecule has 10 heteroatoms. The van der Waals surface area contributed by atoms with E-state index in [4.69, 9.17) is 20.4 Å². The van der Waals surface area contributed by atoms with Crippen molar-refractivity contribution in [3.63, 3.8) is 0 Å². The fourth-order valence-corrected chi connectivity index (χ4v) is 7.08. The lowest BCUT2D eigenvalue weighted by atomic mass is 10.1. The summed E-state index contributed by atoms with van der Waals surface area (Å²) in [5.41, 5.74) is 12.4. The van der Waals surface area contributed by atoms with Gasteiger partial charge in [-0.2, -0.15) is 0 Å². The van der Waals surface area contributed by atoms with Gasteiger partial charge in [-0.25, -0.2) is 9.97 Å². The summed E-state index contributed by atoms with van der Waals surface area (Å²) in [6.45, 7) is 3.58. The highest BCUT2D eigenvalue weighted by atomic mass is 16.5. The van der Waals surface area contributed by atoms with Crippen molar-refractivity contribution in [2.45, 2.75) is 51.2 Å². The molecule has 2 saturated carbocycles. The molecule has 8 rings (SSSR count). The predicted molar refractivity (Wildman–Crippen MR) is 166 cm³/mol. The van der Waals surface area contributed by atoms with Crippen LogP contribution in [0.2, 0.25) is 0 Å². The number of carbonyl (C=O) groups excluding carboxylic acids is 1. The van der Waals surface area contributed by atoms with Gasteiger partial charge in [0.15, 0.2) is 5.82 Å². The highest BCUT2D eigenvalue weighted by Gasteiger charge is 2.47. The van der Waals surface area contributed by atoms with Gasteiger partial charge in [0.05, 0.1) is 30.2 Å². The zero-order valence-corrected chi connectivity index (χ0v) is 24.7. The van der Waals surface area contributed by atoms with Gasteiger partial charge >= 0.3 is 0 Å². The van der Waals surface area contributed by atoms with Crippen LogP contribution < -0.4 is 15.8 Å². The van der Waals surface area contributed by atoms with Crippen LogP contribution in [0.25, 0.3) is 33.6 Å². The molecule has 220 valence electrons. The van der Waals surface area contributed by atoms with Crippen molar-refractivity contribution in [2.75, 3.05) is 19.0 Å². The van der Waals surface area contributed by atoms with Crippen molar-refractivity contribution in [2.24, 2.45) is 24.6 Å². The van der Waals surface area contributed by atoms with Crippen LogP contribution in [0, 0.1) is 18.8 Å². The molecule has 1 amide bonds. The number of carbonyl (C=O) groups is 1. The van der Waals surface area contributed by atoms with Crippen molar-refractivity contribution < 1.29 is 9.53 Å². The monoisotopic (exact) mass is 576 g/mol. The first-order valence-corrected chi connectivity index (χ1v) is 15.2. The van der Waals surface area contributed by atoms with E-state index in [0.717, 1.165) is 76.7 Å². The van der Waals surface area contributed by atoms with Gasteiger partial charge in [-0.05, 0) is 86.9 Å². The number of anilines is 2. The number of hydrogen-bond donors (Lipinski definition) is 2. The number of likely N-dealkylation sites (tertiary alicyclic amines) is 1. The van der Waals surface area contributed by atoms with Crippen molar-refractivity contribution in [1.82, 2.24) is 29.0 Å². The summed E-state index contributed by atoms with van der Waals surface area (Å²) in [7, 11) is 3.66. The zero-order valence-electron chi connectivity index (χ0n) is 24.7. The van der Waals surface area contributed by atoms with Gasteiger partial charge in [0.2, 0.25) is 0 Å². The Morgan fingerprint density at radius 3 is 2.65 bits per heavy atom. The molecular weight excluding hydrogens is 540 g/mol. The van der Waals surface area contributed by atoms with E-state index in [1.807, 2.05) is 55.4 Å². The molecule has 0 radical (unpaired) electrons. The van der Waals surface area contributed by atoms with Crippen molar-refractivity contribution in [3.05, 3.63) is 59.9 Å². The molecule has 1 aromatic carbocycles. The van der Waals surface area contributed by atoms with Crippen LogP contribution in [0.4, 0.5) is 11.5 Å². The smallest absolute Gasteiger partial charge is 0.254 e. The van der Waals surface area contributed by atoms with E-state index in [0.29, 0.717) is 23.1 Å². The number of fused-ring (bicyclic) bond motifs is 4. The molecule has 0 unspecified atom stereocenters. The van der Waals surface area contributed by atoms with Crippen LogP contribution in [0.5, 0.6) is 5.75 Å². The molecule has 2 aliphatic carbocycles. The number of rotatable bonds is 7. The predicted octanol–water partition coefficient (Wildman–Crippen LogP) is 5.02. The number of aromatic nitrogens is 5. The molecule has 43 heavy (non-hydrogen) atoms. The quantitative estimate of drug-likeness (QED) is 0.280. The number of nitrogens with zero attached hydrogens (tertiary/aromatic N) is 6. The molecule has 1 saturated heterocycles. The van der Waals surface area contributed by atoms with E-state index < -0.39 is 0 Å². The van der Waals surface area contributed by atoms with Crippen LogP contribution in [0.1, 0.15) is 41.7 Å². The maximum absolute atomic E-state index is 13.7. The van der Waals surface area contributed by atoms with E-state index in [1.54, 1.807) is 7.11 Å². The SMILES string of the molecule is COc1cc(C(=O)N2C[C@H]3CC[C@@H]2[C@@H]3N)cc2nc(-c3cc4ccc(Nc5ccc(C)nc5)nc4n3CC3CC3)n(C)c12. The second-order valence-electron chi connectivity index (χ2n) is 12.5. The Labute approximate surface area is 249 Å². The molecule has 3 atom stereocenters. The molecule has 10 nitrogen and oxygen atoms in total. The Kier molecular flexibility index (Phi) is 5.98. The van der Waals surface area contributed by atoms with Crippen molar-refractivity contribution in [3.8, 4) is 17.3 Å². The number of pyridine rings is 2. The Morgan fingerprint density at radius 1 is 1.09 bits per heavy atom. The summed E-state index contributed by atoms with van der Waals surface area (Å²) >= 11 is 0. The van der Waals surface area contributed by atoms with Gasteiger partial charge < -0.3 is 29.8 Å². The zero-order chi connectivity index (χ0) is 29.4. The van der Waals surface area contributed by atoms with E-state index in [9.17, 15) is 4.79 Å². The van der Waals surface area contributed by atoms with Crippen LogP contribution >= 0.6 is 0 Å². The van der Waals surface area contributed by atoms with Crippen LogP contribution in [0.3, 0.4) is 0 Å². The highest BCUT2D eigenvalue weighted by molar-refractivity contribution is 6.00. The number of methoxy groups -OCH3 is 1. The van der Waals surface area contributed by atoms with Crippen molar-refractivity contribution in [1.29, 1.82) is 0 Å². The third-order valence-electron chi connectivity index (χ3n) is 9.61. The number of nitrogens with two attached hydrogens (primary N) is 1. The summed E-state index contributed by atoms with van der Waals surface area (Å²) in [4.78, 5) is 30.2. The minimum absolute atomic E-state index is 0.00547. The van der Waals surface area contributed by atoms with Crippen LogP contribution in [0.15, 0.2) is 48.7 Å². The molecule has 2 bridgehead atoms. The third kappa shape index (κ3) is 4.34. The van der Waals surface area contributed by atoms with E-state index in [2.05, 4.69) is 31.6 Å². The normalized spacial score (nSPS) is 21.3. The number of benzene rings is 1. The first-order valence-electron chi connectivity index (χ1n) is 15.2. The lowest BCUT2D eigenvalue weighted by molar-refractivity contribution is 0.0700. The Hall–Kier alpha value is -4.44. The number of amides is 1. The first-order chi connectivity index (χ1) is 20.9. The molecule has 3 aliphatic rings. The van der Waals surface area contributed by atoms with Crippen LogP contribution in [-0.4, -0.2) is 60.6 Å². The molecular formula is C33H36N8O2. The largest absolute Gasteiger partial charge is 0.494 e. The molecule has 1 aliphatic heterocycles.